The minimum atomic E-state index is -8.68. The van der Waals surface area contributed by atoms with Gasteiger partial charge in [0.25, 0.3) is 0 Å². The Morgan fingerprint density at radius 1 is 0.691 bits per heavy atom. The van der Waals surface area contributed by atoms with Gasteiger partial charge in [0.05, 0.1) is 6.61 Å². The van der Waals surface area contributed by atoms with E-state index in [0.29, 0.717) is 0 Å². The summed E-state index contributed by atoms with van der Waals surface area (Å²) in [6, 6.07) is 4.30. The Labute approximate surface area is 298 Å². The number of aryl methyl sites for hydroxylation is 1. The molecule has 1 amide bonds. The molecule has 1 N–H and O–H groups in total. The van der Waals surface area contributed by atoms with Crippen LogP contribution in [-0.2, 0) is 34.8 Å². The maximum absolute atomic E-state index is 14.3. The Morgan fingerprint density at radius 2 is 1.20 bits per heavy atom. The zero-order chi connectivity index (χ0) is 42.2. The Bertz CT molecular complexity index is 1550. The lowest BCUT2D eigenvalue weighted by atomic mass is 9.87. The summed E-state index contributed by atoms with van der Waals surface area (Å²) >= 11 is 0. The van der Waals surface area contributed by atoms with Crippen molar-refractivity contribution in [1.82, 2.24) is 0 Å². The number of nitrogens with one attached hydrogen (secondary N) is 1. The Kier molecular flexibility index (Phi) is 11.3. The van der Waals surface area contributed by atoms with Gasteiger partial charge in [0.15, 0.2) is 30.1 Å². The van der Waals surface area contributed by atoms with Crippen LogP contribution in [0.5, 0.6) is 0 Å². The van der Waals surface area contributed by atoms with Gasteiger partial charge in [0.2, 0.25) is 0 Å². The summed E-state index contributed by atoms with van der Waals surface area (Å²) < 4.78 is 264. The molecular formula is C30H30F17NO7. The number of carbonyl (C=O) groups is 1. The van der Waals surface area contributed by atoms with Gasteiger partial charge in [-0.1, -0.05) is 12.1 Å². The van der Waals surface area contributed by atoms with E-state index in [0.717, 1.165) is 24.3 Å². The zero-order valence-corrected chi connectivity index (χ0v) is 28.3. The fourth-order valence-electron chi connectivity index (χ4n) is 5.71. The van der Waals surface area contributed by atoms with Crippen LogP contribution >= 0.6 is 0 Å². The third kappa shape index (κ3) is 7.75. The number of hydrogen-bond acceptors (Lipinski definition) is 7. The van der Waals surface area contributed by atoms with Crippen molar-refractivity contribution in [2.45, 2.75) is 137 Å². The predicted molar refractivity (Wildman–Crippen MR) is 148 cm³/mol. The number of ether oxygens (including phenoxy) is 6. The third-order valence-corrected chi connectivity index (χ3v) is 8.61. The SMILES string of the molecule is CC1(C)O[C@H]2O[C@H]([C@H]3COC(C)(C)O3)[C@H](OC(=O)Nc3ccc(CCCC(F)(F)C(F)(F)C(F)(F)C(F)(F)C(F)(F)C(F)(F)C(F)(F)C(F)(F)F)cc3)[C@H]2O1. The van der Waals surface area contributed by atoms with Gasteiger partial charge < -0.3 is 28.4 Å². The number of alkyl halides is 17. The fraction of sp³-hybridized carbons (Fsp3) is 0.767. The first-order chi connectivity index (χ1) is 24.6. The molecule has 3 aliphatic heterocycles. The van der Waals surface area contributed by atoms with Crippen molar-refractivity contribution in [2.75, 3.05) is 11.9 Å². The van der Waals surface area contributed by atoms with Crippen molar-refractivity contribution in [2.24, 2.45) is 0 Å². The minimum Gasteiger partial charge on any atom is -0.440 e. The fourth-order valence-corrected chi connectivity index (χ4v) is 5.71. The van der Waals surface area contributed by atoms with Crippen LogP contribution in [0.2, 0.25) is 0 Å². The highest BCUT2D eigenvalue weighted by atomic mass is 19.4. The van der Waals surface area contributed by atoms with Crippen molar-refractivity contribution in [1.29, 1.82) is 0 Å². The van der Waals surface area contributed by atoms with Gasteiger partial charge in [-0.25, -0.2) is 4.79 Å². The van der Waals surface area contributed by atoms with Gasteiger partial charge in [0.1, 0.15) is 12.2 Å². The minimum absolute atomic E-state index is 0.0427. The first-order valence-electron chi connectivity index (χ1n) is 15.7. The first-order valence-corrected chi connectivity index (χ1v) is 15.7. The molecule has 0 aliphatic carbocycles. The second-order valence-electron chi connectivity index (χ2n) is 13.6. The molecule has 3 aliphatic rings. The molecule has 0 bridgehead atoms. The number of halogens is 17. The molecule has 25 heteroatoms. The number of fused-ring (bicyclic) bond motifs is 1. The summed E-state index contributed by atoms with van der Waals surface area (Å²) in [7, 11) is 0. The molecule has 1 aromatic rings. The van der Waals surface area contributed by atoms with Crippen LogP contribution in [0.4, 0.5) is 85.1 Å². The molecule has 316 valence electrons. The van der Waals surface area contributed by atoms with Crippen LogP contribution in [0.1, 0.15) is 46.1 Å². The van der Waals surface area contributed by atoms with E-state index in [1.54, 1.807) is 27.7 Å². The summed E-state index contributed by atoms with van der Waals surface area (Å²) in [6.45, 7) is 6.45. The predicted octanol–water partition coefficient (Wildman–Crippen LogP) is 8.96. The summed E-state index contributed by atoms with van der Waals surface area (Å²) in [5, 5.41) is 2.31. The van der Waals surface area contributed by atoms with E-state index < -0.39 is 115 Å². The topological polar surface area (TPSA) is 84.5 Å². The molecule has 8 nitrogen and oxygen atoms in total. The van der Waals surface area contributed by atoms with E-state index in [9.17, 15) is 79.4 Å². The van der Waals surface area contributed by atoms with Gasteiger partial charge in [0, 0.05) is 12.1 Å². The highest BCUT2D eigenvalue weighted by Crippen LogP contribution is 2.64. The molecule has 0 unspecified atom stereocenters. The van der Waals surface area contributed by atoms with E-state index in [4.69, 9.17) is 28.4 Å². The summed E-state index contributed by atoms with van der Waals surface area (Å²) in [6.07, 6.45) is -18.3. The van der Waals surface area contributed by atoms with Crippen LogP contribution in [-0.4, -0.2) is 103 Å². The van der Waals surface area contributed by atoms with Crippen molar-refractivity contribution >= 4 is 11.8 Å². The average molecular weight is 840 g/mol. The summed E-state index contributed by atoms with van der Waals surface area (Å²) in [4.78, 5) is 12.8. The maximum atomic E-state index is 14.3. The van der Waals surface area contributed by atoms with Crippen molar-refractivity contribution in [3.05, 3.63) is 29.8 Å². The maximum Gasteiger partial charge on any atom is 0.460 e. The number of amides is 1. The second kappa shape index (κ2) is 13.9. The highest BCUT2D eigenvalue weighted by molar-refractivity contribution is 5.84. The molecule has 4 rings (SSSR count). The van der Waals surface area contributed by atoms with E-state index in [2.05, 4.69) is 5.32 Å². The molecular weight excluding hydrogens is 809 g/mol. The van der Waals surface area contributed by atoms with Crippen LogP contribution < -0.4 is 5.32 Å². The second-order valence-corrected chi connectivity index (χ2v) is 13.6. The van der Waals surface area contributed by atoms with Gasteiger partial charge in [-0.15, -0.1) is 0 Å². The van der Waals surface area contributed by atoms with E-state index in [1.807, 2.05) is 0 Å². The molecule has 0 aromatic heterocycles. The van der Waals surface area contributed by atoms with Crippen LogP contribution in [0.15, 0.2) is 24.3 Å². The van der Waals surface area contributed by atoms with Crippen LogP contribution in [0, 0.1) is 0 Å². The number of hydrogen-bond donors (Lipinski definition) is 1. The highest BCUT2D eigenvalue weighted by Gasteiger charge is 2.95. The average Bonchev–Trinajstić information content (AvgIpc) is 3.65. The molecule has 55 heavy (non-hydrogen) atoms. The van der Waals surface area contributed by atoms with Gasteiger partial charge in [-0.3, -0.25) is 5.32 Å². The van der Waals surface area contributed by atoms with Gasteiger partial charge >= 0.3 is 53.7 Å². The molecule has 3 heterocycles. The molecule has 0 saturated carbocycles. The molecule has 3 saturated heterocycles. The molecule has 1 aromatic carbocycles. The molecule has 0 spiro atoms. The van der Waals surface area contributed by atoms with E-state index in [1.165, 1.54) is 0 Å². The number of rotatable bonds is 13. The number of carbonyl (C=O) groups excluding carboxylic acids is 1. The standard InChI is InChI=1S/C30H30F17NO7/c1-21(2)50-12-15(53-21)16-17(18-19(51-16)55-22(3,4)54-18)52-20(49)48-14-9-7-13(8-10-14)6-5-11-23(31,32)24(33,34)25(35,36)26(37,38)27(39,40)28(41,42)29(43,44)30(45,46)47/h7-10,15-19H,5-6,11-12H2,1-4H3,(H,48,49)/t15-,16-,17+,18-,19-/m1/s1. The lowest BCUT2D eigenvalue weighted by Gasteiger charge is -2.42. The summed E-state index contributed by atoms with van der Waals surface area (Å²) in [5.41, 5.74) is -0.124. The smallest absolute Gasteiger partial charge is 0.440 e. The quantitative estimate of drug-likeness (QED) is 0.199. The van der Waals surface area contributed by atoms with Gasteiger partial charge in [-0.05, 0) is 58.2 Å². The number of benzene rings is 1. The largest absolute Gasteiger partial charge is 0.460 e. The lowest BCUT2D eigenvalue weighted by Crippen LogP contribution is -2.74. The number of anilines is 1. The lowest BCUT2D eigenvalue weighted by molar-refractivity contribution is -0.461. The third-order valence-electron chi connectivity index (χ3n) is 8.61. The van der Waals surface area contributed by atoms with E-state index >= 15 is 0 Å². The van der Waals surface area contributed by atoms with Crippen molar-refractivity contribution < 1.29 is 108 Å². The molecule has 3 fully saturated rings. The van der Waals surface area contributed by atoms with Crippen molar-refractivity contribution in [3.8, 4) is 0 Å². The van der Waals surface area contributed by atoms with Gasteiger partial charge in [-0.2, -0.15) is 74.6 Å². The Balaban J connectivity index is 1.39. The summed E-state index contributed by atoms with van der Waals surface area (Å²) in [5.74, 6) is -58.7. The monoisotopic (exact) mass is 839 g/mol. The Hall–Kier alpha value is -2.90. The normalized spacial score (nSPS) is 26.6. The first kappa shape index (κ1) is 44.8. The van der Waals surface area contributed by atoms with Crippen LogP contribution in [0.3, 0.4) is 0 Å². The van der Waals surface area contributed by atoms with E-state index in [-0.39, 0.29) is 17.9 Å². The molecule has 0 radical (unpaired) electrons. The zero-order valence-electron chi connectivity index (χ0n) is 28.3. The molecule has 5 atom stereocenters. The van der Waals surface area contributed by atoms with Crippen LogP contribution in [0.25, 0.3) is 0 Å². The van der Waals surface area contributed by atoms with Crippen molar-refractivity contribution in [3.63, 3.8) is 0 Å². The Morgan fingerprint density at radius 3 is 1.69 bits per heavy atom.